The lowest BCUT2D eigenvalue weighted by atomic mass is 10.5. The number of nitrogens with one attached hydrogen (secondary N) is 1. The predicted octanol–water partition coefficient (Wildman–Crippen LogP) is 1.70. The Kier molecular flexibility index (Phi) is 4.29. The van der Waals surface area contributed by atoms with Crippen LogP contribution < -0.4 is 11.1 Å². The highest BCUT2D eigenvalue weighted by Crippen LogP contribution is 2.24. The number of carbonyl (C=O) groups excluding carboxylic acids is 1. The number of anilines is 2. The highest BCUT2D eigenvalue weighted by atomic mass is 32.2. The van der Waals surface area contributed by atoms with Gasteiger partial charge in [-0.15, -0.1) is 21.5 Å². The number of carbonyl (C=O) groups is 1. The number of nitrogens with zero attached hydrogens (tertiary/aromatic N) is 3. The third kappa shape index (κ3) is 3.95. The van der Waals surface area contributed by atoms with Crippen LogP contribution >= 0.6 is 34.4 Å². The van der Waals surface area contributed by atoms with Gasteiger partial charge in [-0.1, -0.05) is 23.1 Å². The van der Waals surface area contributed by atoms with Crippen LogP contribution in [0.15, 0.2) is 15.9 Å². The van der Waals surface area contributed by atoms with Gasteiger partial charge in [0.15, 0.2) is 9.47 Å². The minimum atomic E-state index is -0.0510. The Morgan fingerprint density at radius 3 is 3.06 bits per heavy atom. The molecule has 0 aromatic carbocycles. The van der Waals surface area contributed by atoms with E-state index in [9.17, 15) is 4.79 Å². The van der Waals surface area contributed by atoms with Gasteiger partial charge in [0.1, 0.15) is 0 Å². The molecule has 90 valence electrons. The Labute approximate surface area is 110 Å². The number of nitrogen functional groups attached to an aromatic ring is 1. The molecule has 2 rings (SSSR count). The number of aromatic nitrogens is 3. The van der Waals surface area contributed by atoms with Crippen LogP contribution in [-0.4, -0.2) is 26.8 Å². The third-order valence-electron chi connectivity index (χ3n) is 1.66. The van der Waals surface area contributed by atoms with E-state index in [-0.39, 0.29) is 5.91 Å². The Morgan fingerprint density at radius 1 is 1.53 bits per heavy atom. The minimum absolute atomic E-state index is 0.0510. The molecule has 1 amide bonds. The summed E-state index contributed by atoms with van der Waals surface area (Å²) in [5, 5.41) is 13.1. The second-order valence-electron chi connectivity index (χ2n) is 2.89. The van der Waals surface area contributed by atoms with Gasteiger partial charge in [0, 0.05) is 23.8 Å². The first-order valence-corrected chi connectivity index (χ1v) is 7.33. The monoisotopic (exact) mass is 287 g/mol. The zero-order chi connectivity index (χ0) is 12.1. The summed E-state index contributed by atoms with van der Waals surface area (Å²) in [4.78, 5) is 15.5. The third-order valence-corrected chi connectivity index (χ3v) is 4.23. The summed E-state index contributed by atoms with van der Waals surface area (Å²) in [7, 11) is 0. The Balaban J connectivity index is 1.70. The van der Waals surface area contributed by atoms with E-state index >= 15 is 0 Å². The Bertz CT molecular complexity index is 483. The van der Waals surface area contributed by atoms with E-state index in [1.165, 1.54) is 34.4 Å². The first-order valence-electron chi connectivity index (χ1n) is 4.65. The molecular weight excluding hydrogens is 278 g/mol. The van der Waals surface area contributed by atoms with E-state index in [1.54, 1.807) is 6.20 Å². The molecule has 0 saturated carbocycles. The zero-order valence-electron chi connectivity index (χ0n) is 8.62. The van der Waals surface area contributed by atoms with Crippen LogP contribution in [0.25, 0.3) is 0 Å². The van der Waals surface area contributed by atoms with Gasteiger partial charge in [0.2, 0.25) is 11.0 Å². The van der Waals surface area contributed by atoms with Gasteiger partial charge in [-0.3, -0.25) is 4.79 Å². The van der Waals surface area contributed by atoms with Crippen molar-refractivity contribution >= 4 is 50.6 Å². The van der Waals surface area contributed by atoms with Crippen molar-refractivity contribution < 1.29 is 4.79 Å². The summed E-state index contributed by atoms with van der Waals surface area (Å²) in [6.07, 6.45) is 2.06. The number of hydrogen-bond donors (Lipinski definition) is 2. The SMILES string of the molecule is Nc1nnc(SCCC(=O)Nc2nccs2)s1. The molecule has 2 heterocycles. The molecule has 0 atom stereocenters. The molecule has 17 heavy (non-hydrogen) atoms. The average molecular weight is 287 g/mol. The zero-order valence-corrected chi connectivity index (χ0v) is 11.1. The number of amides is 1. The lowest BCUT2D eigenvalue weighted by Crippen LogP contribution is -2.11. The predicted molar refractivity (Wildman–Crippen MR) is 70.4 cm³/mol. The molecule has 3 N–H and O–H groups in total. The molecule has 0 aliphatic heterocycles. The number of hydrogen-bond acceptors (Lipinski definition) is 8. The summed E-state index contributed by atoms with van der Waals surface area (Å²) >= 11 is 4.19. The largest absolute Gasteiger partial charge is 0.374 e. The molecular formula is C8H9N5OS3. The quantitative estimate of drug-likeness (QED) is 0.813. The summed E-state index contributed by atoms with van der Waals surface area (Å²) in [6.45, 7) is 0. The van der Waals surface area contributed by atoms with Crippen LogP contribution in [-0.2, 0) is 4.79 Å². The molecule has 0 spiro atoms. The lowest BCUT2D eigenvalue weighted by Gasteiger charge is -1.99. The molecule has 0 radical (unpaired) electrons. The number of thioether (sulfide) groups is 1. The molecule has 0 bridgehead atoms. The maximum Gasteiger partial charge on any atom is 0.226 e. The first kappa shape index (κ1) is 12.3. The summed E-state index contributed by atoms with van der Waals surface area (Å²) in [5.74, 6) is 0.594. The fraction of sp³-hybridized carbons (Fsp3) is 0.250. The van der Waals surface area contributed by atoms with Crippen molar-refractivity contribution in [2.45, 2.75) is 10.8 Å². The number of nitrogens with two attached hydrogens (primary N) is 1. The normalized spacial score (nSPS) is 10.4. The van der Waals surface area contributed by atoms with Crippen LogP contribution in [0.5, 0.6) is 0 Å². The van der Waals surface area contributed by atoms with Crippen molar-refractivity contribution in [2.24, 2.45) is 0 Å². The van der Waals surface area contributed by atoms with Crippen molar-refractivity contribution in [3.63, 3.8) is 0 Å². The van der Waals surface area contributed by atoms with Gasteiger partial charge in [0.05, 0.1) is 0 Å². The van der Waals surface area contributed by atoms with Crippen molar-refractivity contribution in [2.75, 3.05) is 16.8 Å². The van der Waals surface area contributed by atoms with Gasteiger partial charge >= 0.3 is 0 Å². The van der Waals surface area contributed by atoms with E-state index in [2.05, 4.69) is 20.5 Å². The molecule has 2 aromatic rings. The van der Waals surface area contributed by atoms with E-state index in [4.69, 9.17) is 5.73 Å². The molecule has 6 nitrogen and oxygen atoms in total. The van der Waals surface area contributed by atoms with E-state index in [0.717, 1.165) is 4.34 Å². The minimum Gasteiger partial charge on any atom is -0.374 e. The smallest absolute Gasteiger partial charge is 0.226 e. The summed E-state index contributed by atoms with van der Waals surface area (Å²) in [5.41, 5.74) is 5.45. The van der Waals surface area contributed by atoms with E-state index in [1.807, 2.05) is 5.38 Å². The average Bonchev–Trinajstić information content (AvgIpc) is 2.90. The van der Waals surface area contributed by atoms with E-state index < -0.39 is 0 Å². The van der Waals surface area contributed by atoms with Crippen LogP contribution in [0.1, 0.15) is 6.42 Å². The molecule has 9 heteroatoms. The Morgan fingerprint density at radius 2 is 2.41 bits per heavy atom. The van der Waals surface area contributed by atoms with E-state index in [0.29, 0.717) is 22.4 Å². The lowest BCUT2D eigenvalue weighted by molar-refractivity contribution is -0.115. The van der Waals surface area contributed by atoms with Crippen LogP contribution in [0, 0.1) is 0 Å². The fourth-order valence-electron chi connectivity index (χ4n) is 0.977. The van der Waals surface area contributed by atoms with Gasteiger partial charge in [-0.05, 0) is 0 Å². The summed E-state index contributed by atoms with van der Waals surface area (Å²) < 4.78 is 0.782. The maximum atomic E-state index is 11.5. The molecule has 0 aliphatic rings. The topological polar surface area (TPSA) is 93.8 Å². The second-order valence-corrected chi connectivity index (χ2v) is 6.14. The number of thiazole rings is 1. The Hall–Kier alpha value is -1.19. The highest BCUT2D eigenvalue weighted by Gasteiger charge is 2.06. The van der Waals surface area contributed by atoms with Crippen LogP contribution in [0.3, 0.4) is 0 Å². The van der Waals surface area contributed by atoms with Crippen LogP contribution in [0.4, 0.5) is 10.3 Å². The standard InChI is InChI=1S/C8H9N5OS3/c9-6-12-13-8(17-6)16-3-1-5(14)11-7-10-2-4-15-7/h2,4H,1,3H2,(H2,9,12)(H,10,11,14). The summed E-state index contributed by atoms with van der Waals surface area (Å²) in [6, 6.07) is 0. The highest BCUT2D eigenvalue weighted by molar-refractivity contribution is 8.01. The molecule has 0 aliphatic carbocycles. The van der Waals surface area contributed by atoms with Crippen molar-refractivity contribution in [3.8, 4) is 0 Å². The molecule has 0 fully saturated rings. The molecule has 0 saturated heterocycles. The van der Waals surface area contributed by atoms with Gasteiger partial charge in [-0.25, -0.2) is 4.98 Å². The fourth-order valence-corrected chi connectivity index (χ4v) is 3.17. The van der Waals surface area contributed by atoms with Crippen molar-refractivity contribution in [1.82, 2.24) is 15.2 Å². The van der Waals surface area contributed by atoms with Crippen molar-refractivity contribution in [3.05, 3.63) is 11.6 Å². The maximum absolute atomic E-state index is 11.5. The first-order chi connectivity index (χ1) is 8.24. The number of rotatable bonds is 5. The van der Waals surface area contributed by atoms with Gasteiger partial charge in [-0.2, -0.15) is 0 Å². The molecule has 2 aromatic heterocycles. The molecule has 0 unspecified atom stereocenters. The van der Waals surface area contributed by atoms with Gasteiger partial charge < -0.3 is 11.1 Å². The van der Waals surface area contributed by atoms with Crippen molar-refractivity contribution in [1.29, 1.82) is 0 Å². The van der Waals surface area contributed by atoms with Crippen LogP contribution in [0.2, 0.25) is 0 Å². The second kappa shape index (κ2) is 5.94. The van der Waals surface area contributed by atoms with Gasteiger partial charge in [0.25, 0.3) is 0 Å².